The largest absolute Gasteiger partial charge is 0.490 e. The Bertz CT molecular complexity index is 993. The molecule has 1 aromatic heterocycles. The third-order valence-electron chi connectivity index (χ3n) is 3.90. The summed E-state index contributed by atoms with van der Waals surface area (Å²) in [5.41, 5.74) is 1.18. The summed E-state index contributed by atoms with van der Waals surface area (Å²) in [5.74, 6) is 0.627. The van der Waals surface area contributed by atoms with Gasteiger partial charge in [-0.3, -0.25) is 4.79 Å². The Kier molecular flexibility index (Phi) is 7.96. The predicted octanol–water partition coefficient (Wildman–Crippen LogP) is 5.23. The lowest BCUT2D eigenvalue weighted by atomic mass is 10.1. The van der Waals surface area contributed by atoms with Crippen LogP contribution >= 0.6 is 23.2 Å². The Morgan fingerprint density at radius 3 is 2.70 bits per heavy atom. The van der Waals surface area contributed by atoms with Crippen molar-refractivity contribution >= 4 is 34.9 Å². The number of ether oxygens (including phenoxy) is 3. The zero-order chi connectivity index (χ0) is 21.3. The molecule has 0 spiro atoms. The second-order valence-corrected chi connectivity index (χ2v) is 6.90. The third kappa shape index (κ3) is 6.38. The Labute approximate surface area is 183 Å². The van der Waals surface area contributed by atoms with E-state index in [0.717, 1.165) is 5.56 Å². The lowest BCUT2D eigenvalue weighted by molar-refractivity contribution is 0.0996. The summed E-state index contributed by atoms with van der Waals surface area (Å²) in [4.78, 5) is 12.8. The number of amides is 1. The number of anilines is 1. The zero-order valence-corrected chi connectivity index (χ0v) is 17.7. The first-order chi connectivity index (χ1) is 14.5. The molecule has 0 radical (unpaired) electrons. The molecule has 0 aliphatic carbocycles. The molecule has 0 bridgehead atoms. The molecule has 3 aromatic rings. The van der Waals surface area contributed by atoms with Gasteiger partial charge in [-0.05, 0) is 54.4 Å². The van der Waals surface area contributed by atoms with Crippen LogP contribution in [0.5, 0.6) is 11.5 Å². The van der Waals surface area contributed by atoms with Crippen LogP contribution in [0, 0.1) is 0 Å². The number of benzene rings is 2. The van der Waals surface area contributed by atoms with Crippen LogP contribution in [0.3, 0.4) is 0 Å². The lowest BCUT2D eigenvalue weighted by Crippen LogP contribution is -2.15. The maximum absolute atomic E-state index is 12.8. The van der Waals surface area contributed by atoms with Gasteiger partial charge < -0.3 is 24.1 Å². The SMILES string of the molecule is CCOCCOc1ccc(OCc2cccc(Cl)c2)cc1C(=O)Nc1cc(Cl)on1. The van der Waals surface area contributed by atoms with Gasteiger partial charge in [-0.2, -0.15) is 0 Å². The molecule has 30 heavy (non-hydrogen) atoms. The van der Waals surface area contributed by atoms with Crippen LogP contribution in [-0.2, 0) is 11.3 Å². The molecular formula is C21H20Cl2N2O5. The van der Waals surface area contributed by atoms with E-state index in [9.17, 15) is 4.79 Å². The Morgan fingerprint density at radius 2 is 1.97 bits per heavy atom. The molecule has 1 heterocycles. The minimum atomic E-state index is -0.445. The predicted molar refractivity (Wildman–Crippen MR) is 114 cm³/mol. The van der Waals surface area contributed by atoms with Crippen molar-refractivity contribution in [1.29, 1.82) is 0 Å². The molecule has 0 saturated carbocycles. The van der Waals surface area contributed by atoms with E-state index in [1.165, 1.54) is 6.07 Å². The van der Waals surface area contributed by atoms with Gasteiger partial charge in [0.25, 0.3) is 5.91 Å². The highest BCUT2D eigenvalue weighted by molar-refractivity contribution is 6.30. The van der Waals surface area contributed by atoms with Crippen LogP contribution < -0.4 is 14.8 Å². The van der Waals surface area contributed by atoms with E-state index in [2.05, 4.69) is 10.5 Å². The molecular weight excluding hydrogens is 431 g/mol. The fourth-order valence-electron chi connectivity index (χ4n) is 2.55. The van der Waals surface area contributed by atoms with E-state index < -0.39 is 5.91 Å². The molecule has 0 saturated heterocycles. The van der Waals surface area contributed by atoms with Crippen LogP contribution in [0.25, 0.3) is 0 Å². The van der Waals surface area contributed by atoms with Crippen molar-refractivity contribution in [2.24, 2.45) is 0 Å². The first kappa shape index (κ1) is 22.0. The average molecular weight is 451 g/mol. The van der Waals surface area contributed by atoms with Gasteiger partial charge in [0, 0.05) is 17.7 Å². The molecule has 0 aliphatic heterocycles. The first-order valence-electron chi connectivity index (χ1n) is 9.20. The van der Waals surface area contributed by atoms with E-state index in [4.69, 9.17) is 41.9 Å². The molecule has 1 amide bonds. The van der Waals surface area contributed by atoms with Crippen molar-refractivity contribution in [3.63, 3.8) is 0 Å². The van der Waals surface area contributed by atoms with Gasteiger partial charge in [0.2, 0.25) is 5.22 Å². The van der Waals surface area contributed by atoms with Gasteiger partial charge in [-0.25, -0.2) is 0 Å². The zero-order valence-electron chi connectivity index (χ0n) is 16.2. The van der Waals surface area contributed by atoms with Crippen LogP contribution in [0.4, 0.5) is 5.82 Å². The number of rotatable bonds is 10. The van der Waals surface area contributed by atoms with Gasteiger partial charge >= 0.3 is 0 Å². The molecule has 0 fully saturated rings. The number of halogens is 2. The van der Waals surface area contributed by atoms with E-state index in [-0.39, 0.29) is 16.6 Å². The van der Waals surface area contributed by atoms with Crippen molar-refractivity contribution in [2.75, 3.05) is 25.1 Å². The topological polar surface area (TPSA) is 82.8 Å². The first-order valence-corrected chi connectivity index (χ1v) is 9.96. The monoisotopic (exact) mass is 450 g/mol. The van der Waals surface area contributed by atoms with E-state index in [1.54, 1.807) is 24.3 Å². The number of carbonyl (C=O) groups excluding carboxylic acids is 1. The second kappa shape index (κ2) is 10.9. The molecule has 0 aliphatic rings. The molecule has 2 aromatic carbocycles. The molecule has 3 rings (SSSR count). The fourth-order valence-corrected chi connectivity index (χ4v) is 2.90. The molecule has 9 heteroatoms. The highest BCUT2D eigenvalue weighted by Gasteiger charge is 2.16. The van der Waals surface area contributed by atoms with Gasteiger partial charge in [-0.1, -0.05) is 28.9 Å². The minimum Gasteiger partial charge on any atom is -0.490 e. The summed E-state index contributed by atoms with van der Waals surface area (Å²) in [6, 6.07) is 13.7. The summed E-state index contributed by atoms with van der Waals surface area (Å²) in [5, 5.41) is 6.97. The molecule has 7 nitrogen and oxygen atoms in total. The molecule has 158 valence electrons. The summed E-state index contributed by atoms with van der Waals surface area (Å²) < 4.78 is 21.6. The van der Waals surface area contributed by atoms with Crippen molar-refractivity contribution in [1.82, 2.24) is 5.16 Å². The number of hydrogen-bond donors (Lipinski definition) is 1. The minimum absolute atomic E-state index is 0.0668. The van der Waals surface area contributed by atoms with Crippen molar-refractivity contribution in [2.45, 2.75) is 13.5 Å². The summed E-state index contributed by atoms with van der Waals surface area (Å²) in [6.45, 7) is 3.48. The summed E-state index contributed by atoms with van der Waals surface area (Å²) >= 11 is 11.7. The van der Waals surface area contributed by atoms with Gasteiger partial charge in [0.05, 0.1) is 12.2 Å². The Hall–Kier alpha value is -2.74. The quantitative estimate of drug-likeness (QED) is 0.425. The normalized spacial score (nSPS) is 10.6. The molecule has 0 atom stereocenters. The van der Waals surface area contributed by atoms with E-state index in [1.807, 2.05) is 25.1 Å². The van der Waals surface area contributed by atoms with Crippen LogP contribution in [0.2, 0.25) is 10.2 Å². The Morgan fingerprint density at radius 1 is 1.10 bits per heavy atom. The maximum Gasteiger partial charge on any atom is 0.260 e. The highest BCUT2D eigenvalue weighted by Crippen LogP contribution is 2.27. The van der Waals surface area contributed by atoms with Crippen LogP contribution in [0.15, 0.2) is 53.1 Å². The Balaban J connectivity index is 1.75. The highest BCUT2D eigenvalue weighted by atomic mass is 35.5. The van der Waals surface area contributed by atoms with Crippen molar-refractivity contribution in [3.05, 3.63) is 69.9 Å². The fraction of sp³-hybridized carbons (Fsp3) is 0.238. The number of aromatic nitrogens is 1. The summed E-state index contributed by atoms with van der Waals surface area (Å²) in [7, 11) is 0. The second-order valence-electron chi connectivity index (χ2n) is 6.09. The van der Waals surface area contributed by atoms with Gasteiger partial charge in [0.15, 0.2) is 5.82 Å². The number of nitrogens with one attached hydrogen (secondary N) is 1. The van der Waals surface area contributed by atoms with Crippen LogP contribution in [0.1, 0.15) is 22.8 Å². The van der Waals surface area contributed by atoms with E-state index in [0.29, 0.717) is 42.9 Å². The molecule has 0 unspecified atom stereocenters. The number of carbonyl (C=O) groups is 1. The maximum atomic E-state index is 12.8. The average Bonchev–Trinajstić information content (AvgIpc) is 3.14. The van der Waals surface area contributed by atoms with E-state index >= 15 is 0 Å². The third-order valence-corrected chi connectivity index (χ3v) is 4.32. The van der Waals surface area contributed by atoms with Gasteiger partial charge in [0.1, 0.15) is 24.7 Å². The van der Waals surface area contributed by atoms with Crippen molar-refractivity contribution < 1.29 is 23.5 Å². The summed E-state index contributed by atoms with van der Waals surface area (Å²) in [6.07, 6.45) is 0. The smallest absolute Gasteiger partial charge is 0.260 e. The van der Waals surface area contributed by atoms with Crippen LogP contribution in [-0.4, -0.2) is 30.9 Å². The lowest BCUT2D eigenvalue weighted by Gasteiger charge is -2.13. The standard InChI is InChI=1S/C21H20Cl2N2O5/c1-2-27-8-9-28-18-7-6-16(29-13-14-4-3-5-15(22)10-14)11-17(18)21(26)24-20-12-19(23)30-25-20/h3-7,10-12H,2,8-9,13H2,1H3,(H,24,25,26). The molecule has 1 N–H and O–H groups in total. The number of nitrogens with zero attached hydrogens (tertiary/aromatic N) is 1. The number of hydrogen-bond acceptors (Lipinski definition) is 6. The van der Waals surface area contributed by atoms with Crippen molar-refractivity contribution in [3.8, 4) is 11.5 Å². The van der Waals surface area contributed by atoms with Gasteiger partial charge in [-0.15, -0.1) is 0 Å².